The molecule has 0 unspecified atom stereocenters. The third-order valence-corrected chi connectivity index (χ3v) is 0.940. The van der Waals surface area contributed by atoms with Crippen molar-refractivity contribution in [2.75, 3.05) is 0 Å². The molecule has 0 aromatic heterocycles. The number of rotatable bonds is 1. The van der Waals surface area contributed by atoms with E-state index in [9.17, 15) is 0 Å². The maximum absolute atomic E-state index is 5.22. The van der Waals surface area contributed by atoms with Crippen LogP contribution in [0, 0.1) is 0 Å². The van der Waals surface area contributed by atoms with Gasteiger partial charge in [0.15, 0.2) is 0 Å². The van der Waals surface area contributed by atoms with Gasteiger partial charge in [0.2, 0.25) is 0 Å². The predicted molar refractivity (Wildman–Crippen MR) is 33.4 cm³/mol. The largest absolute Gasteiger partial charge is 0.110 e. The van der Waals surface area contributed by atoms with E-state index in [1.807, 2.05) is 6.92 Å². The summed E-state index contributed by atoms with van der Waals surface area (Å²) in [4.78, 5) is 0. The van der Waals surface area contributed by atoms with Crippen molar-refractivity contribution >= 4 is 11.6 Å². The van der Waals surface area contributed by atoms with Crippen LogP contribution >= 0.6 is 11.6 Å². The van der Waals surface area contributed by atoms with Gasteiger partial charge in [0, 0.05) is 5.54 Å². The molecule has 40 valence electrons. The topological polar surface area (TPSA) is 0 Å². The van der Waals surface area contributed by atoms with Crippen LogP contribution in [0.5, 0.6) is 0 Å². The van der Waals surface area contributed by atoms with Crippen LogP contribution in [0.4, 0.5) is 0 Å². The lowest BCUT2D eigenvalue weighted by molar-refractivity contribution is 1.11. The van der Waals surface area contributed by atoms with Gasteiger partial charge in [-0.25, -0.2) is 0 Å². The van der Waals surface area contributed by atoms with E-state index >= 15 is 0 Å². The maximum atomic E-state index is 5.22. The Hall–Kier alpha value is -0.190. The van der Waals surface area contributed by atoms with Gasteiger partial charge in [-0.1, -0.05) is 18.5 Å². The molecule has 0 aliphatic rings. The maximum Gasteiger partial charge on any atom is 0.0462 e. The summed E-state index contributed by atoms with van der Waals surface area (Å²) in [7, 11) is 0. The molecule has 0 aliphatic carbocycles. The standard InChI is InChI=1S/C6H9Cl/c1-3-6(2)4-5-7/h5H,3H2,1-2H3. The Bertz CT molecular complexity index is 96.7. The Morgan fingerprint density at radius 1 is 1.86 bits per heavy atom. The molecule has 0 radical (unpaired) electrons. The van der Waals surface area contributed by atoms with Gasteiger partial charge >= 0.3 is 0 Å². The van der Waals surface area contributed by atoms with Gasteiger partial charge < -0.3 is 0 Å². The third kappa shape index (κ3) is 3.65. The second-order valence-electron chi connectivity index (χ2n) is 1.39. The number of allylic oxidation sites excluding steroid dienone is 1. The van der Waals surface area contributed by atoms with Gasteiger partial charge in [0.25, 0.3) is 0 Å². The smallest absolute Gasteiger partial charge is 0.0462 e. The van der Waals surface area contributed by atoms with Crippen molar-refractivity contribution in [1.29, 1.82) is 0 Å². The second-order valence-corrected chi connectivity index (χ2v) is 1.61. The van der Waals surface area contributed by atoms with Gasteiger partial charge in [-0.15, -0.1) is 5.73 Å². The molecule has 0 aliphatic heterocycles. The van der Waals surface area contributed by atoms with E-state index in [0.29, 0.717) is 0 Å². The zero-order valence-corrected chi connectivity index (χ0v) is 5.42. The normalized spacial score (nSPS) is 7.29. The molecule has 0 spiro atoms. The first-order valence-corrected chi connectivity index (χ1v) is 2.75. The van der Waals surface area contributed by atoms with Crippen LogP contribution in [0.15, 0.2) is 16.8 Å². The summed E-state index contributed by atoms with van der Waals surface area (Å²) < 4.78 is 0. The highest BCUT2D eigenvalue weighted by molar-refractivity contribution is 6.25. The Morgan fingerprint density at radius 2 is 2.43 bits per heavy atom. The van der Waals surface area contributed by atoms with Crippen LogP contribution in [-0.2, 0) is 0 Å². The zero-order valence-electron chi connectivity index (χ0n) is 4.66. The molecule has 0 aromatic rings. The molecule has 0 fully saturated rings. The summed E-state index contributed by atoms with van der Waals surface area (Å²) in [5.74, 6) is 0. The van der Waals surface area contributed by atoms with E-state index in [1.54, 1.807) is 0 Å². The summed E-state index contributed by atoms with van der Waals surface area (Å²) in [5, 5.41) is 0. The van der Waals surface area contributed by atoms with Crippen molar-refractivity contribution in [3.05, 3.63) is 16.8 Å². The molecule has 0 heterocycles. The van der Waals surface area contributed by atoms with E-state index in [2.05, 4.69) is 12.7 Å². The van der Waals surface area contributed by atoms with Crippen LogP contribution in [0.3, 0.4) is 0 Å². The molecule has 0 rings (SSSR count). The van der Waals surface area contributed by atoms with E-state index in [-0.39, 0.29) is 0 Å². The number of hydrogen-bond donors (Lipinski definition) is 0. The monoisotopic (exact) mass is 116 g/mol. The Morgan fingerprint density at radius 3 is 2.57 bits per heavy atom. The number of halogens is 1. The molecule has 0 saturated heterocycles. The van der Waals surface area contributed by atoms with Gasteiger partial charge in [0.05, 0.1) is 0 Å². The van der Waals surface area contributed by atoms with Crippen LogP contribution in [0.2, 0.25) is 0 Å². The fourth-order valence-corrected chi connectivity index (χ4v) is 0.381. The number of hydrogen-bond acceptors (Lipinski definition) is 0. The van der Waals surface area contributed by atoms with Crippen LogP contribution in [0.1, 0.15) is 20.3 Å². The lowest BCUT2D eigenvalue weighted by Crippen LogP contribution is -1.61. The highest BCUT2D eigenvalue weighted by atomic mass is 35.5. The first kappa shape index (κ1) is 6.81. The van der Waals surface area contributed by atoms with Gasteiger partial charge in [-0.3, -0.25) is 0 Å². The van der Waals surface area contributed by atoms with Crippen molar-refractivity contribution in [2.45, 2.75) is 20.3 Å². The lowest BCUT2D eigenvalue weighted by atomic mass is 10.3. The Balaban J connectivity index is 3.74. The molecular formula is C6H9Cl. The first-order valence-electron chi connectivity index (χ1n) is 2.32. The Kier molecular flexibility index (Phi) is 3.87. The van der Waals surface area contributed by atoms with Crippen molar-refractivity contribution in [1.82, 2.24) is 0 Å². The zero-order chi connectivity index (χ0) is 5.70. The minimum Gasteiger partial charge on any atom is -0.110 e. The van der Waals surface area contributed by atoms with E-state index in [4.69, 9.17) is 11.6 Å². The highest BCUT2D eigenvalue weighted by Crippen LogP contribution is 1.93. The summed E-state index contributed by atoms with van der Waals surface area (Å²) in [6.07, 6.45) is 1.03. The lowest BCUT2D eigenvalue weighted by Gasteiger charge is -1.81. The summed E-state index contributed by atoms with van der Waals surface area (Å²) in [6, 6.07) is 0. The Labute approximate surface area is 49.5 Å². The van der Waals surface area contributed by atoms with E-state index in [0.717, 1.165) is 6.42 Å². The van der Waals surface area contributed by atoms with Crippen molar-refractivity contribution in [2.24, 2.45) is 0 Å². The average molecular weight is 117 g/mol. The fraction of sp³-hybridized carbons (Fsp3) is 0.500. The fourth-order valence-electron chi connectivity index (χ4n) is 0.195. The van der Waals surface area contributed by atoms with Gasteiger partial charge in [0.1, 0.15) is 0 Å². The molecule has 0 amide bonds. The molecular weight excluding hydrogens is 108 g/mol. The van der Waals surface area contributed by atoms with Crippen LogP contribution in [0.25, 0.3) is 0 Å². The summed E-state index contributed by atoms with van der Waals surface area (Å²) in [5.41, 5.74) is 5.46. The van der Waals surface area contributed by atoms with Crippen molar-refractivity contribution in [3.8, 4) is 0 Å². The van der Waals surface area contributed by atoms with Crippen LogP contribution in [-0.4, -0.2) is 0 Å². The highest BCUT2D eigenvalue weighted by Gasteiger charge is 1.73. The van der Waals surface area contributed by atoms with E-state index < -0.39 is 0 Å². The molecule has 0 N–H and O–H groups in total. The minimum atomic E-state index is 1.03. The molecule has 0 atom stereocenters. The molecule has 0 bridgehead atoms. The SMILES string of the molecule is CCC(C)=C=CCl. The van der Waals surface area contributed by atoms with Crippen molar-refractivity contribution in [3.63, 3.8) is 0 Å². The summed E-state index contributed by atoms with van der Waals surface area (Å²) in [6.45, 7) is 4.07. The molecule has 0 saturated carbocycles. The van der Waals surface area contributed by atoms with Gasteiger partial charge in [-0.2, -0.15) is 0 Å². The molecule has 0 aromatic carbocycles. The average Bonchev–Trinajstić information content (AvgIpc) is 1.68. The molecule has 0 nitrogen and oxygen atoms in total. The molecule has 1 heteroatoms. The second kappa shape index (κ2) is 3.98. The first-order chi connectivity index (χ1) is 3.31. The minimum absolute atomic E-state index is 1.03. The van der Waals surface area contributed by atoms with Crippen molar-refractivity contribution < 1.29 is 0 Å². The van der Waals surface area contributed by atoms with Gasteiger partial charge in [-0.05, 0) is 18.9 Å². The summed E-state index contributed by atoms with van der Waals surface area (Å²) >= 11 is 5.22. The third-order valence-electron chi connectivity index (χ3n) is 0.831. The quantitative estimate of drug-likeness (QED) is 0.462. The van der Waals surface area contributed by atoms with Crippen LogP contribution < -0.4 is 0 Å². The molecule has 7 heavy (non-hydrogen) atoms. The van der Waals surface area contributed by atoms with E-state index in [1.165, 1.54) is 11.1 Å². The predicted octanol–water partition coefficient (Wildman–Crippen LogP) is 2.69.